The van der Waals surface area contributed by atoms with Gasteiger partial charge in [-0.05, 0) is 106 Å². The number of unbranched alkanes of at least 4 members (excludes halogenated alkanes) is 17. The number of hydrogen-bond donors (Lipinski definition) is 0. The Hall–Kier alpha value is -4.04. The Kier molecular flexibility index (Phi) is 24.9. The van der Waals surface area contributed by atoms with Crippen LogP contribution in [0.5, 0.6) is 28.7 Å². The number of esters is 1. The summed E-state index contributed by atoms with van der Waals surface area (Å²) in [4.78, 5) is 24.8. The number of benzene rings is 3. The van der Waals surface area contributed by atoms with Gasteiger partial charge < -0.3 is 28.4 Å². The quantitative estimate of drug-likeness (QED) is 0.0337. The maximum atomic E-state index is 12.9. The number of ether oxygens (including phenoxy) is 6. The first-order valence-electron chi connectivity index (χ1n) is 21.6. The Morgan fingerprint density at radius 1 is 0.464 bits per heavy atom. The number of ketones is 1. The van der Waals surface area contributed by atoms with E-state index in [4.69, 9.17) is 28.4 Å². The zero-order valence-corrected chi connectivity index (χ0v) is 34.8. The Labute approximate surface area is 337 Å². The number of carbonyl (C=O) groups excluding carboxylic acids is 2. The Bertz CT molecular complexity index is 1450. The standard InChI is InChI=1S/C48H70O8/c1-4-5-6-20-37-54-47-33-24-41(40(2)49)39-46(47)48(50)55-38-23-18-14-10-9-13-17-22-36-53-43-27-31-45(32-28-43)56-44-29-25-42(26-30-44)52-35-21-16-12-8-7-11-15-19-34-51-3/h24-33,39H,4-23,34-38H2,1-3H3. The van der Waals surface area contributed by atoms with E-state index in [1.807, 2.05) is 48.5 Å². The summed E-state index contributed by atoms with van der Waals surface area (Å²) in [5.74, 6) is 3.24. The topological polar surface area (TPSA) is 89.5 Å². The molecule has 56 heavy (non-hydrogen) atoms. The molecule has 0 radical (unpaired) electrons. The Balaban J connectivity index is 1.17. The van der Waals surface area contributed by atoms with Gasteiger partial charge in [0, 0.05) is 19.3 Å². The van der Waals surface area contributed by atoms with E-state index in [-0.39, 0.29) is 5.78 Å². The van der Waals surface area contributed by atoms with Crippen molar-refractivity contribution in [1.29, 1.82) is 0 Å². The van der Waals surface area contributed by atoms with Gasteiger partial charge in [0.2, 0.25) is 0 Å². The molecule has 0 atom stereocenters. The maximum Gasteiger partial charge on any atom is 0.341 e. The van der Waals surface area contributed by atoms with Crippen molar-refractivity contribution < 1.29 is 38.0 Å². The molecule has 0 aliphatic carbocycles. The fraction of sp³-hybridized carbons (Fsp3) is 0.583. The van der Waals surface area contributed by atoms with Crippen molar-refractivity contribution in [2.24, 2.45) is 0 Å². The molecule has 0 spiro atoms. The summed E-state index contributed by atoms with van der Waals surface area (Å²) in [6, 6.07) is 20.6. The summed E-state index contributed by atoms with van der Waals surface area (Å²) in [6.45, 7) is 6.90. The third-order valence-corrected chi connectivity index (χ3v) is 9.80. The first kappa shape index (κ1) is 46.3. The monoisotopic (exact) mass is 775 g/mol. The molecule has 0 N–H and O–H groups in total. The summed E-state index contributed by atoms with van der Waals surface area (Å²) in [5.41, 5.74) is 0.816. The van der Waals surface area contributed by atoms with E-state index in [9.17, 15) is 9.59 Å². The number of methoxy groups -OCH3 is 1. The number of Topliss-reactive ketones (excluding diaryl/α,β-unsaturated/α-hetero) is 1. The van der Waals surface area contributed by atoms with E-state index < -0.39 is 5.97 Å². The number of rotatable bonds is 34. The van der Waals surface area contributed by atoms with Crippen molar-refractivity contribution in [3.05, 3.63) is 77.9 Å². The molecule has 0 fully saturated rings. The minimum absolute atomic E-state index is 0.0889. The normalized spacial score (nSPS) is 11.0. The van der Waals surface area contributed by atoms with Gasteiger partial charge in [0.15, 0.2) is 5.78 Å². The third-order valence-electron chi connectivity index (χ3n) is 9.80. The van der Waals surface area contributed by atoms with Crippen LogP contribution in [0.2, 0.25) is 0 Å². The van der Waals surface area contributed by atoms with Crippen LogP contribution in [0.25, 0.3) is 0 Å². The van der Waals surface area contributed by atoms with Crippen LogP contribution in [0.4, 0.5) is 0 Å². The molecule has 0 heterocycles. The van der Waals surface area contributed by atoms with Crippen LogP contribution in [0, 0.1) is 0 Å². The highest BCUT2D eigenvalue weighted by Crippen LogP contribution is 2.27. The lowest BCUT2D eigenvalue weighted by Crippen LogP contribution is -2.11. The Morgan fingerprint density at radius 3 is 1.34 bits per heavy atom. The molecule has 0 aromatic heterocycles. The zero-order chi connectivity index (χ0) is 39.9. The molecule has 3 aromatic rings. The van der Waals surface area contributed by atoms with Crippen molar-refractivity contribution in [3.63, 3.8) is 0 Å². The first-order valence-corrected chi connectivity index (χ1v) is 21.6. The van der Waals surface area contributed by atoms with Gasteiger partial charge in [0.1, 0.15) is 34.3 Å². The molecule has 310 valence electrons. The molecule has 0 amide bonds. The zero-order valence-electron chi connectivity index (χ0n) is 34.8. The molecular weight excluding hydrogens is 705 g/mol. The third kappa shape index (κ3) is 20.8. The fourth-order valence-electron chi connectivity index (χ4n) is 6.39. The predicted molar refractivity (Wildman–Crippen MR) is 226 cm³/mol. The van der Waals surface area contributed by atoms with Crippen molar-refractivity contribution in [2.45, 2.75) is 142 Å². The van der Waals surface area contributed by atoms with Gasteiger partial charge in [-0.25, -0.2) is 4.79 Å². The lowest BCUT2D eigenvalue weighted by Gasteiger charge is -2.12. The van der Waals surface area contributed by atoms with Crippen LogP contribution >= 0.6 is 0 Å². The van der Waals surface area contributed by atoms with Gasteiger partial charge in [0.25, 0.3) is 0 Å². The van der Waals surface area contributed by atoms with Crippen molar-refractivity contribution in [3.8, 4) is 28.7 Å². The summed E-state index contributed by atoms with van der Waals surface area (Å²) >= 11 is 0. The second-order valence-electron chi connectivity index (χ2n) is 14.7. The highest BCUT2D eigenvalue weighted by molar-refractivity contribution is 5.99. The van der Waals surface area contributed by atoms with Crippen molar-refractivity contribution >= 4 is 11.8 Å². The SMILES string of the molecule is CCCCCCOc1ccc(C(C)=O)cc1C(=O)OCCCCCCCCCCOc1ccc(Oc2ccc(OCCCCCCCCCCOC)cc2)cc1. The molecular formula is C48H70O8. The summed E-state index contributed by atoms with van der Waals surface area (Å²) < 4.78 is 34.5. The molecule has 0 bridgehead atoms. The number of carbonyl (C=O) groups is 2. The van der Waals surface area contributed by atoms with E-state index in [2.05, 4.69) is 6.92 Å². The lowest BCUT2D eigenvalue weighted by molar-refractivity contribution is 0.0493. The molecule has 0 aliphatic rings. The average Bonchev–Trinajstić information content (AvgIpc) is 3.21. The van der Waals surface area contributed by atoms with E-state index in [0.29, 0.717) is 36.7 Å². The fourth-order valence-corrected chi connectivity index (χ4v) is 6.39. The summed E-state index contributed by atoms with van der Waals surface area (Å²) in [7, 11) is 1.77. The van der Waals surface area contributed by atoms with Crippen LogP contribution in [0.3, 0.4) is 0 Å². The highest BCUT2D eigenvalue weighted by atomic mass is 16.5. The molecule has 8 heteroatoms. The molecule has 0 aliphatic heterocycles. The van der Waals surface area contributed by atoms with Gasteiger partial charge in [-0.3, -0.25) is 4.79 Å². The number of hydrogen-bond acceptors (Lipinski definition) is 8. The highest BCUT2D eigenvalue weighted by Gasteiger charge is 2.17. The van der Waals surface area contributed by atoms with E-state index in [1.54, 1.807) is 25.3 Å². The minimum Gasteiger partial charge on any atom is -0.494 e. The van der Waals surface area contributed by atoms with Crippen molar-refractivity contribution in [1.82, 2.24) is 0 Å². The first-order chi connectivity index (χ1) is 27.5. The lowest BCUT2D eigenvalue weighted by atomic mass is 10.1. The Morgan fingerprint density at radius 2 is 0.875 bits per heavy atom. The smallest absolute Gasteiger partial charge is 0.341 e. The predicted octanol–water partition coefficient (Wildman–Crippen LogP) is 13.1. The second kappa shape index (κ2) is 30.1. The van der Waals surface area contributed by atoms with E-state index in [1.165, 1.54) is 71.1 Å². The summed E-state index contributed by atoms with van der Waals surface area (Å²) in [5, 5.41) is 0. The van der Waals surface area contributed by atoms with Crippen LogP contribution in [-0.2, 0) is 9.47 Å². The second-order valence-corrected chi connectivity index (χ2v) is 14.7. The molecule has 3 aromatic carbocycles. The molecule has 0 saturated heterocycles. The van der Waals surface area contributed by atoms with Gasteiger partial charge in [-0.15, -0.1) is 0 Å². The summed E-state index contributed by atoms with van der Waals surface area (Å²) in [6.07, 6.45) is 22.9. The van der Waals surface area contributed by atoms with E-state index in [0.717, 1.165) is 100 Å². The van der Waals surface area contributed by atoms with Gasteiger partial charge in [0.05, 0.1) is 26.4 Å². The van der Waals surface area contributed by atoms with Gasteiger partial charge in [-0.2, -0.15) is 0 Å². The van der Waals surface area contributed by atoms with Crippen LogP contribution < -0.4 is 18.9 Å². The molecule has 8 nitrogen and oxygen atoms in total. The average molecular weight is 775 g/mol. The molecule has 0 saturated carbocycles. The van der Waals surface area contributed by atoms with Gasteiger partial charge >= 0.3 is 5.97 Å². The van der Waals surface area contributed by atoms with Crippen LogP contribution in [-0.4, -0.2) is 51.9 Å². The van der Waals surface area contributed by atoms with Crippen LogP contribution in [0.15, 0.2) is 66.7 Å². The van der Waals surface area contributed by atoms with Gasteiger partial charge in [-0.1, -0.05) is 103 Å². The van der Waals surface area contributed by atoms with E-state index >= 15 is 0 Å². The largest absolute Gasteiger partial charge is 0.494 e. The van der Waals surface area contributed by atoms with Crippen LogP contribution in [0.1, 0.15) is 163 Å². The maximum absolute atomic E-state index is 12.9. The minimum atomic E-state index is -0.428. The van der Waals surface area contributed by atoms with Crippen molar-refractivity contribution in [2.75, 3.05) is 40.1 Å². The molecule has 0 unspecified atom stereocenters. The molecule has 3 rings (SSSR count).